The Labute approximate surface area is 216 Å². The lowest BCUT2D eigenvalue weighted by molar-refractivity contribution is -0.144. The van der Waals surface area contributed by atoms with Crippen molar-refractivity contribution in [2.75, 3.05) is 20.8 Å². The molecule has 3 atom stereocenters. The van der Waals surface area contributed by atoms with Crippen molar-refractivity contribution in [3.05, 3.63) is 50.9 Å². The van der Waals surface area contributed by atoms with E-state index in [-0.39, 0.29) is 40.3 Å². The third kappa shape index (κ3) is 5.25. The molecule has 1 aromatic heterocycles. The number of benzene rings is 1. The lowest BCUT2D eigenvalue weighted by Gasteiger charge is -2.34. The van der Waals surface area contributed by atoms with E-state index >= 15 is 0 Å². The first-order chi connectivity index (χ1) is 17.2. The van der Waals surface area contributed by atoms with E-state index in [2.05, 4.69) is 20.5 Å². The highest BCUT2D eigenvalue weighted by molar-refractivity contribution is 6.42. The number of hydrogen-bond donors (Lipinski definition) is 1. The van der Waals surface area contributed by atoms with Crippen molar-refractivity contribution in [2.45, 2.75) is 32.4 Å². The minimum atomic E-state index is -1.15. The number of rotatable bonds is 9. The van der Waals surface area contributed by atoms with Gasteiger partial charge in [-0.2, -0.15) is 0 Å². The normalized spacial score (nSPS) is 18.4. The predicted molar refractivity (Wildman–Crippen MR) is 128 cm³/mol. The first-order valence-electron chi connectivity index (χ1n) is 10.7. The van der Waals surface area contributed by atoms with Crippen molar-refractivity contribution >= 4 is 46.8 Å². The number of carbonyl (C=O) groups excluding carboxylic acids is 3. The molecule has 1 aliphatic rings. The number of tetrazole rings is 1. The van der Waals surface area contributed by atoms with Crippen LogP contribution in [0.25, 0.3) is 0 Å². The van der Waals surface area contributed by atoms with Gasteiger partial charge in [-0.3, -0.25) is 14.6 Å². The summed E-state index contributed by atoms with van der Waals surface area (Å²) < 4.78 is 17.2. The van der Waals surface area contributed by atoms with Gasteiger partial charge in [0.05, 0.1) is 35.0 Å². The summed E-state index contributed by atoms with van der Waals surface area (Å²) >= 11 is 12.8. The van der Waals surface area contributed by atoms with Crippen LogP contribution in [0.4, 0.5) is 0 Å². The molecular weight excluding hydrogens is 515 g/mol. The van der Waals surface area contributed by atoms with E-state index in [1.807, 2.05) is 0 Å². The van der Waals surface area contributed by atoms with Gasteiger partial charge in [0.1, 0.15) is 12.5 Å². The molecule has 0 saturated heterocycles. The molecule has 1 amide bonds. The lowest BCUT2D eigenvalue weighted by atomic mass is 9.75. The van der Waals surface area contributed by atoms with E-state index in [0.717, 1.165) is 4.68 Å². The summed E-state index contributed by atoms with van der Waals surface area (Å²) in [5.41, 5.74) is 6.04. The maximum atomic E-state index is 13.4. The summed E-state index contributed by atoms with van der Waals surface area (Å²) in [5, 5.41) is 11.7. The molecule has 0 aliphatic carbocycles. The van der Waals surface area contributed by atoms with Gasteiger partial charge >= 0.3 is 11.9 Å². The number of amides is 1. The monoisotopic (exact) mass is 538 g/mol. The number of halogens is 2. The second kappa shape index (κ2) is 11.6. The number of ether oxygens (including phenoxy) is 3. The minimum Gasteiger partial charge on any atom is -0.468 e. The fraction of sp³-hybridized carbons (Fsp3) is 0.409. The quantitative estimate of drug-likeness (QED) is 0.470. The molecule has 192 valence electrons. The average Bonchev–Trinajstić information content (AvgIpc) is 3.27. The number of esters is 2. The number of nitrogens with two attached hydrogens (primary N) is 1. The van der Waals surface area contributed by atoms with Crippen LogP contribution in [0.3, 0.4) is 0 Å². The molecule has 36 heavy (non-hydrogen) atoms. The molecule has 2 N–H and O–H groups in total. The number of hydrogen-bond acceptors (Lipinski definition) is 10. The Morgan fingerprint density at radius 1 is 1.22 bits per heavy atom. The molecule has 3 rings (SSSR count). The minimum absolute atomic E-state index is 0.0255. The SMILES string of the molecule is CCOC(=O)C1=C(C(OC)c2nnnn2CC(N)=O)N=C(C)C(C(=O)OC)C1c1cccc(Cl)c1Cl. The first kappa shape index (κ1) is 27.2. The van der Waals surface area contributed by atoms with E-state index < -0.39 is 35.8 Å². The van der Waals surface area contributed by atoms with Gasteiger partial charge in [-0.25, -0.2) is 9.48 Å². The van der Waals surface area contributed by atoms with Gasteiger partial charge in [0.25, 0.3) is 0 Å². The zero-order valence-electron chi connectivity index (χ0n) is 19.9. The van der Waals surface area contributed by atoms with Gasteiger partial charge < -0.3 is 19.9 Å². The molecule has 3 unspecified atom stereocenters. The molecular formula is C22H24Cl2N6O6. The third-order valence-electron chi connectivity index (χ3n) is 5.52. The van der Waals surface area contributed by atoms with Gasteiger partial charge in [-0.15, -0.1) is 5.10 Å². The molecule has 12 nitrogen and oxygen atoms in total. The van der Waals surface area contributed by atoms with Crippen LogP contribution in [0.1, 0.15) is 37.3 Å². The Balaban J connectivity index is 2.36. The van der Waals surface area contributed by atoms with E-state index in [9.17, 15) is 14.4 Å². The Morgan fingerprint density at radius 3 is 2.56 bits per heavy atom. The summed E-state index contributed by atoms with van der Waals surface area (Å²) in [6.07, 6.45) is -1.15. The molecule has 0 bridgehead atoms. The Kier molecular flexibility index (Phi) is 8.77. The summed E-state index contributed by atoms with van der Waals surface area (Å²) in [7, 11) is 2.58. The summed E-state index contributed by atoms with van der Waals surface area (Å²) in [5.74, 6) is -4.10. The van der Waals surface area contributed by atoms with Crippen LogP contribution >= 0.6 is 23.2 Å². The van der Waals surface area contributed by atoms with Crippen molar-refractivity contribution in [1.82, 2.24) is 20.2 Å². The van der Waals surface area contributed by atoms with Crippen LogP contribution in [-0.2, 0) is 35.1 Å². The van der Waals surface area contributed by atoms with Gasteiger partial charge in [0, 0.05) is 18.7 Å². The average molecular weight is 539 g/mol. The highest BCUT2D eigenvalue weighted by Gasteiger charge is 2.46. The van der Waals surface area contributed by atoms with Gasteiger partial charge in [-0.05, 0) is 35.9 Å². The fourth-order valence-electron chi connectivity index (χ4n) is 4.06. The Bertz CT molecular complexity index is 1240. The zero-order chi connectivity index (χ0) is 26.6. The molecule has 0 radical (unpaired) electrons. The Morgan fingerprint density at radius 2 is 1.94 bits per heavy atom. The number of aromatic nitrogens is 4. The molecule has 2 heterocycles. The number of aliphatic imine (C=N–C) groups is 1. The van der Waals surface area contributed by atoms with Crippen LogP contribution in [0.15, 0.2) is 34.5 Å². The Hall–Kier alpha value is -3.35. The number of primary amides is 1. The topological polar surface area (TPSA) is 161 Å². The first-order valence-corrected chi connectivity index (χ1v) is 11.5. The fourth-order valence-corrected chi connectivity index (χ4v) is 4.48. The molecule has 1 aliphatic heterocycles. The molecule has 0 spiro atoms. The third-order valence-corrected chi connectivity index (χ3v) is 6.35. The van der Waals surface area contributed by atoms with Crippen LogP contribution in [-0.4, -0.2) is 64.6 Å². The summed E-state index contributed by atoms with van der Waals surface area (Å²) in [4.78, 5) is 42.5. The van der Waals surface area contributed by atoms with Crippen LogP contribution in [0.5, 0.6) is 0 Å². The standard InChI is InChI=1S/C22H24Cl2N6O6/c1-5-36-22(33)16-15(11-7-6-8-12(23)17(11)24)14(21(32)35-4)10(2)26-18(16)19(34-3)20-27-28-29-30(20)9-13(25)31/h6-8,14-15,19H,5,9H2,1-4H3,(H2,25,31). The highest BCUT2D eigenvalue weighted by atomic mass is 35.5. The number of carbonyl (C=O) groups is 3. The van der Waals surface area contributed by atoms with E-state index in [1.165, 1.54) is 14.2 Å². The van der Waals surface area contributed by atoms with Crippen molar-refractivity contribution in [1.29, 1.82) is 0 Å². The van der Waals surface area contributed by atoms with E-state index in [4.69, 9.17) is 43.1 Å². The molecule has 1 aromatic carbocycles. The van der Waals surface area contributed by atoms with Crippen LogP contribution in [0.2, 0.25) is 10.0 Å². The van der Waals surface area contributed by atoms with Gasteiger partial charge in [0.2, 0.25) is 5.91 Å². The van der Waals surface area contributed by atoms with Crippen LogP contribution < -0.4 is 5.73 Å². The van der Waals surface area contributed by atoms with E-state index in [1.54, 1.807) is 32.0 Å². The van der Waals surface area contributed by atoms with Gasteiger partial charge in [0.15, 0.2) is 11.9 Å². The number of nitrogens with zero attached hydrogens (tertiary/aromatic N) is 5. The van der Waals surface area contributed by atoms with Gasteiger partial charge in [-0.1, -0.05) is 35.3 Å². The molecule has 14 heteroatoms. The largest absolute Gasteiger partial charge is 0.468 e. The van der Waals surface area contributed by atoms with Crippen molar-refractivity contribution in [2.24, 2.45) is 16.6 Å². The van der Waals surface area contributed by atoms with Crippen molar-refractivity contribution < 1.29 is 28.6 Å². The maximum Gasteiger partial charge on any atom is 0.336 e. The summed E-state index contributed by atoms with van der Waals surface area (Å²) in [6.45, 7) is 2.93. The zero-order valence-corrected chi connectivity index (χ0v) is 21.4. The molecule has 2 aromatic rings. The van der Waals surface area contributed by atoms with E-state index in [0.29, 0.717) is 11.3 Å². The smallest absolute Gasteiger partial charge is 0.336 e. The van der Waals surface area contributed by atoms with Crippen LogP contribution in [0, 0.1) is 5.92 Å². The van der Waals surface area contributed by atoms with Crippen molar-refractivity contribution in [3.8, 4) is 0 Å². The highest BCUT2D eigenvalue weighted by Crippen LogP contribution is 2.46. The lowest BCUT2D eigenvalue weighted by Crippen LogP contribution is -2.37. The maximum absolute atomic E-state index is 13.4. The molecule has 0 saturated carbocycles. The number of methoxy groups -OCH3 is 2. The second-order valence-electron chi connectivity index (χ2n) is 7.67. The second-order valence-corrected chi connectivity index (χ2v) is 8.46. The van der Waals surface area contributed by atoms with Crippen molar-refractivity contribution in [3.63, 3.8) is 0 Å². The molecule has 0 fully saturated rings. The summed E-state index contributed by atoms with van der Waals surface area (Å²) in [6, 6.07) is 4.86. The predicted octanol–water partition coefficient (Wildman–Crippen LogP) is 2.02.